The van der Waals surface area contributed by atoms with Gasteiger partial charge < -0.3 is 9.64 Å². The monoisotopic (exact) mass is 369 g/mol. The molecule has 2 aromatic carbocycles. The summed E-state index contributed by atoms with van der Waals surface area (Å²) in [6.45, 7) is 0.917. The van der Waals surface area contributed by atoms with Crippen LogP contribution in [0.1, 0.15) is 21.7 Å². The lowest BCUT2D eigenvalue weighted by Gasteiger charge is -2.27. The summed E-state index contributed by atoms with van der Waals surface area (Å²) >= 11 is 0. The van der Waals surface area contributed by atoms with E-state index in [1.807, 2.05) is 30.3 Å². The summed E-state index contributed by atoms with van der Waals surface area (Å²) in [5.74, 6) is -0.897. The van der Waals surface area contributed by atoms with E-state index in [4.69, 9.17) is 4.74 Å². The van der Waals surface area contributed by atoms with Crippen LogP contribution in [0.3, 0.4) is 0 Å². The molecule has 138 valence electrons. The van der Waals surface area contributed by atoms with E-state index >= 15 is 0 Å². The zero-order valence-corrected chi connectivity index (χ0v) is 14.4. The number of para-hydroxylation sites is 1. The SMILES string of the molecule is O=C1c2cc(COc3ccccc3)nn2CCN1Cc1c(F)cccc1F. The van der Waals surface area contributed by atoms with Gasteiger partial charge in [-0.1, -0.05) is 24.3 Å². The third-order valence-corrected chi connectivity index (χ3v) is 4.46. The number of carbonyl (C=O) groups is 1. The fourth-order valence-corrected chi connectivity index (χ4v) is 3.06. The third kappa shape index (κ3) is 3.53. The van der Waals surface area contributed by atoms with Crippen molar-refractivity contribution in [2.45, 2.75) is 19.7 Å². The largest absolute Gasteiger partial charge is 0.487 e. The van der Waals surface area contributed by atoms with Crippen molar-refractivity contribution in [3.05, 3.63) is 83.2 Å². The first-order chi connectivity index (χ1) is 13.1. The number of aromatic nitrogens is 2. The first-order valence-electron chi connectivity index (χ1n) is 8.58. The molecular formula is C20H17F2N3O2. The lowest BCUT2D eigenvalue weighted by Crippen LogP contribution is -2.40. The van der Waals surface area contributed by atoms with Crippen molar-refractivity contribution < 1.29 is 18.3 Å². The maximum Gasteiger partial charge on any atom is 0.272 e. The highest BCUT2D eigenvalue weighted by Gasteiger charge is 2.28. The Hall–Kier alpha value is -3.22. The number of rotatable bonds is 5. The quantitative estimate of drug-likeness (QED) is 0.693. The topological polar surface area (TPSA) is 47.4 Å². The number of carbonyl (C=O) groups excluding carboxylic acids is 1. The number of ether oxygens (including phenoxy) is 1. The van der Waals surface area contributed by atoms with E-state index in [9.17, 15) is 13.6 Å². The Labute approximate surface area is 154 Å². The molecule has 5 nitrogen and oxygen atoms in total. The third-order valence-electron chi connectivity index (χ3n) is 4.46. The van der Waals surface area contributed by atoms with Gasteiger partial charge in [0.2, 0.25) is 0 Å². The number of halogens is 2. The maximum atomic E-state index is 13.9. The number of nitrogens with zero attached hydrogens (tertiary/aromatic N) is 3. The molecule has 4 rings (SSSR count). The van der Waals surface area contributed by atoms with E-state index in [1.54, 1.807) is 10.7 Å². The van der Waals surface area contributed by atoms with Gasteiger partial charge in [-0.15, -0.1) is 0 Å². The van der Waals surface area contributed by atoms with Crippen molar-refractivity contribution in [1.29, 1.82) is 0 Å². The number of amides is 1. The van der Waals surface area contributed by atoms with Crippen LogP contribution in [0.4, 0.5) is 8.78 Å². The Kier molecular flexibility index (Phi) is 4.58. The van der Waals surface area contributed by atoms with Crippen LogP contribution in [-0.2, 0) is 19.7 Å². The molecule has 3 aromatic rings. The molecule has 0 fully saturated rings. The summed E-state index contributed by atoms with van der Waals surface area (Å²) < 4.78 is 35.0. The van der Waals surface area contributed by atoms with Gasteiger partial charge in [0.25, 0.3) is 5.91 Å². The average Bonchev–Trinajstić information content (AvgIpc) is 3.10. The van der Waals surface area contributed by atoms with E-state index in [0.29, 0.717) is 30.2 Å². The zero-order valence-electron chi connectivity index (χ0n) is 14.4. The molecule has 1 aromatic heterocycles. The lowest BCUT2D eigenvalue weighted by atomic mass is 10.1. The van der Waals surface area contributed by atoms with Gasteiger partial charge in [-0.2, -0.15) is 5.10 Å². The van der Waals surface area contributed by atoms with E-state index < -0.39 is 11.6 Å². The zero-order chi connectivity index (χ0) is 18.8. The Morgan fingerprint density at radius 1 is 1.00 bits per heavy atom. The molecule has 2 heterocycles. The first kappa shape index (κ1) is 17.2. The number of hydrogen-bond donors (Lipinski definition) is 0. The number of benzene rings is 2. The van der Waals surface area contributed by atoms with Crippen molar-refractivity contribution in [2.24, 2.45) is 0 Å². The van der Waals surface area contributed by atoms with Crippen molar-refractivity contribution in [3.63, 3.8) is 0 Å². The minimum Gasteiger partial charge on any atom is -0.487 e. The molecule has 0 radical (unpaired) electrons. The van der Waals surface area contributed by atoms with Gasteiger partial charge in [0.15, 0.2) is 0 Å². The smallest absolute Gasteiger partial charge is 0.272 e. The summed E-state index contributed by atoms with van der Waals surface area (Å²) in [5, 5.41) is 4.39. The van der Waals surface area contributed by atoms with Crippen LogP contribution in [0.15, 0.2) is 54.6 Å². The van der Waals surface area contributed by atoms with Gasteiger partial charge in [-0.25, -0.2) is 8.78 Å². The maximum absolute atomic E-state index is 13.9. The fourth-order valence-electron chi connectivity index (χ4n) is 3.06. The van der Waals surface area contributed by atoms with Gasteiger partial charge in [-0.3, -0.25) is 9.48 Å². The summed E-state index contributed by atoms with van der Waals surface area (Å²) in [6.07, 6.45) is 0. The normalized spacial score (nSPS) is 13.6. The Bertz CT molecular complexity index is 952. The van der Waals surface area contributed by atoms with Crippen molar-refractivity contribution in [2.75, 3.05) is 6.54 Å². The van der Waals surface area contributed by atoms with Crippen LogP contribution >= 0.6 is 0 Å². The lowest BCUT2D eigenvalue weighted by molar-refractivity contribution is 0.0680. The van der Waals surface area contributed by atoms with E-state index in [0.717, 1.165) is 0 Å². The molecule has 0 spiro atoms. The van der Waals surface area contributed by atoms with E-state index in [1.165, 1.54) is 23.1 Å². The second kappa shape index (κ2) is 7.19. The van der Waals surface area contributed by atoms with Crippen molar-refractivity contribution in [1.82, 2.24) is 14.7 Å². The van der Waals surface area contributed by atoms with Gasteiger partial charge in [0, 0.05) is 12.1 Å². The average molecular weight is 369 g/mol. The van der Waals surface area contributed by atoms with Crippen LogP contribution in [0, 0.1) is 11.6 Å². The number of hydrogen-bond acceptors (Lipinski definition) is 3. The van der Waals surface area contributed by atoms with Gasteiger partial charge in [-0.05, 0) is 30.3 Å². The van der Waals surface area contributed by atoms with Crippen LogP contribution in [0.2, 0.25) is 0 Å². The van der Waals surface area contributed by atoms with Crippen molar-refractivity contribution >= 4 is 5.91 Å². The van der Waals surface area contributed by atoms with Gasteiger partial charge in [0.05, 0.1) is 13.1 Å². The molecule has 0 atom stereocenters. The van der Waals surface area contributed by atoms with E-state index in [2.05, 4.69) is 5.10 Å². The predicted molar refractivity (Wildman–Crippen MR) is 94.1 cm³/mol. The second-order valence-electron chi connectivity index (χ2n) is 6.27. The summed E-state index contributed by atoms with van der Waals surface area (Å²) in [6, 6.07) is 14.7. The Morgan fingerprint density at radius 3 is 2.48 bits per heavy atom. The number of fused-ring (bicyclic) bond motifs is 1. The molecule has 0 saturated carbocycles. The van der Waals surface area contributed by atoms with Crippen LogP contribution in [0.25, 0.3) is 0 Å². The molecule has 0 saturated heterocycles. The fraction of sp³-hybridized carbons (Fsp3) is 0.200. The molecular weight excluding hydrogens is 352 g/mol. The van der Waals surface area contributed by atoms with E-state index in [-0.39, 0.29) is 24.6 Å². The highest BCUT2D eigenvalue weighted by molar-refractivity contribution is 5.93. The molecule has 7 heteroatoms. The Balaban J connectivity index is 1.48. The molecule has 1 aliphatic heterocycles. The molecule has 0 aliphatic carbocycles. The summed E-state index contributed by atoms with van der Waals surface area (Å²) in [7, 11) is 0. The predicted octanol–water partition coefficient (Wildman–Crippen LogP) is 3.40. The molecule has 0 unspecified atom stereocenters. The highest BCUT2D eigenvalue weighted by atomic mass is 19.1. The van der Waals surface area contributed by atoms with Gasteiger partial charge >= 0.3 is 0 Å². The minimum atomic E-state index is -0.654. The second-order valence-corrected chi connectivity index (χ2v) is 6.27. The summed E-state index contributed by atoms with van der Waals surface area (Å²) in [4.78, 5) is 14.1. The van der Waals surface area contributed by atoms with Crippen LogP contribution in [-0.4, -0.2) is 27.1 Å². The highest BCUT2D eigenvalue weighted by Crippen LogP contribution is 2.20. The summed E-state index contributed by atoms with van der Waals surface area (Å²) in [5.41, 5.74) is 0.914. The van der Waals surface area contributed by atoms with Crippen LogP contribution in [0.5, 0.6) is 5.75 Å². The van der Waals surface area contributed by atoms with Crippen molar-refractivity contribution in [3.8, 4) is 5.75 Å². The molecule has 27 heavy (non-hydrogen) atoms. The first-order valence-corrected chi connectivity index (χ1v) is 8.58. The molecule has 1 amide bonds. The molecule has 0 bridgehead atoms. The standard InChI is InChI=1S/C20H17F2N3O2/c21-17-7-4-8-18(22)16(17)12-24-9-10-25-19(20(24)26)11-14(23-25)13-27-15-5-2-1-3-6-15/h1-8,11H,9-10,12-13H2. The molecule has 0 N–H and O–H groups in total. The van der Waals surface area contributed by atoms with Gasteiger partial charge in [0.1, 0.15) is 35.4 Å². The molecule has 1 aliphatic rings. The Morgan fingerprint density at radius 2 is 1.74 bits per heavy atom. The minimum absolute atomic E-state index is 0.105. The van der Waals surface area contributed by atoms with Crippen LogP contribution < -0.4 is 4.74 Å².